The number of fused-ring (bicyclic) bond motifs is 3. The lowest BCUT2D eigenvalue weighted by Crippen LogP contribution is -2.83. The molecule has 1 aliphatic rings. The molecule has 4 nitrogen and oxygen atoms in total. The van der Waals surface area contributed by atoms with E-state index in [9.17, 15) is 13.6 Å². The number of H-pyrrole nitrogens is 1. The van der Waals surface area contributed by atoms with Crippen LogP contribution in [0, 0.1) is 11.6 Å². The Morgan fingerprint density at radius 1 is 1.31 bits per heavy atom. The van der Waals surface area contributed by atoms with E-state index in [0.29, 0.717) is 17.9 Å². The second-order valence-corrected chi connectivity index (χ2v) is 7.88. The number of thiophene rings is 1. The molecule has 0 spiro atoms. The van der Waals surface area contributed by atoms with E-state index in [1.54, 1.807) is 11.3 Å². The maximum atomic E-state index is 13.9. The minimum atomic E-state index is -0.587. The minimum Gasteiger partial charge on any atom is -0.334 e. The van der Waals surface area contributed by atoms with Crippen molar-refractivity contribution < 1.29 is 14.1 Å². The lowest BCUT2D eigenvalue weighted by molar-refractivity contribution is -0.709. The molecule has 4 rings (SSSR count). The van der Waals surface area contributed by atoms with Crippen molar-refractivity contribution >= 4 is 21.6 Å². The summed E-state index contributed by atoms with van der Waals surface area (Å²) in [5, 5.41) is 2.62. The molecule has 2 aromatic heterocycles. The van der Waals surface area contributed by atoms with Crippen molar-refractivity contribution in [2.24, 2.45) is 0 Å². The highest BCUT2D eigenvalue weighted by Crippen LogP contribution is 2.33. The van der Waals surface area contributed by atoms with Gasteiger partial charge in [-0.3, -0.25) is 4.79 Å². The van der Waals surface area contributed by atoms with E-state index in [0.717, 1.165) is 35.5 Å². The van der Waals surface area contributed by atoms with Gasteiger partial charge in [0, 0.05) is 16.5 Å². The average Bonchev–Trinajstić information content (AvgIpc) is 2.98. The number of halogens is 2. The van der Waals surface area contributed by atoms with Crippen LogP contribution >= 0.6 is 11.3 Å². The zero-order valence-electron chi connectivity index (χ0n) is 14.4. The summed E-state index contributed by atoms with van der Waals surface area (Å²) in [4.78, 5) is 22.1. The maximum absolute atomic E-state index is 13.9. The van der Waals surface area contributed by atoms with E-state index in [2.05, 4.69) is 9.97 Å². The summed E-state index contributed by atoms with van der Waals surface area (Å²) in [5.41, 5.74) is 1.52. The minimum absolute atomic E-state index is 0.0848. The molecule has 0 unspecified atom stereocenters. The molecule has 1 aliphatic carbocycles. The number of aromatic nitrogens is 2. The van der Waals surface area contributed by atoms with Gasteiger partial charge >= 0.3 is 0 Å². The van der Waals surface area contributed by atoms with Crippen molar-refractivity contribution in [3.8, 4) is 0 Å². The topological polar surface area (TPSA) is 62.4 Å². The van der Waals surface area contributed by atoms with Crippen LogP contribution in [0.25, 0.3) is 10.2 Å². The van der Waals surface area contributed by atoms with Crippen LogP contribution in [0.3, 0.4) is 0 Å². The van der Waals surface area contributed by atoms with Gasteiger partial charge in [-0.15, -0.1) is 11.3 Å². The monoisotopic (exact) mass is 376 g/mol. The van der Waals surface area contributed by atoms with Gasteiger partial charge in [-0.05, 0) is 50.3 Å². The van der Waals surface area contributed by atoms with Gasteiger partial charge in [-0.2, -0.15) is 0 Å². The second-order valence-electron chi connectivity index (χ2n) is 6.80. The Morgan fingerprint density at radius 3 is 2.92 bits per heavy atom. The predicted octanol–water partition coefficient (Wildman–Crippen LogP) is 2.97. The van der Waals surface area contributed by atoms with Gasteiger partial charge in [0.1, 0.15) is 29.1 Å². The summed E-state index contributed by atoms with van der Waals surface area (Å²) in [7, 11) is 0. The largest absolute Gasteiger partial charge is 0.334 e. The molecule has 1 aromatic carbocycles. The highest BCUT2D eigenvalue weighted by atomic mass is 32.1. The molecule has 0 saturated heterocycles. The summed E-state index contributed by atoms with van der Waals surface area (Å²) in [6, 6.07) is 3.39. The zero-order chi connectivity index (χ0) is 18.3. The molecule has 0 fully saturated rings. The molecule has 0 bridgehead atoms. The first kappa shape index (κ1) is 17.3. The molecule has 26 heavy (non-hydrogen) atoms. The Morgan fingerprint density at radius 2 is 2.12 bits per heavy atom. The summed E-state index contributed by atoms with van der Waals surface area (Å²) in [6.07, 6.45) is 4.26. The molecular weight excluding hydrogens is 356 g/mol. The van der Waals surface area contributed by atoms with Gasteiger partial charge in [-0.1, -0.05) is 0 Å². The number of hydrogen-bond acceptors (Lipinski definition) is 3. The molecule has 0 saturated carbocycles. The summed E-state index contributed by atoms with van der Waals surface area (Å²) in [5.74, 6) is -0.566. The second kappa shape index (κ2) is 6.89. The molecule has 3 N–H and O–H groups in total. The zero-order valence-corrected chi connectivity index (χ0v) is 15.3. The first-order valence-corrected chi connectivity index (χ1v) is 9.66. The van der Waals surface area contributed by atoms with Gasteiger partial charge in [0.2, 0.25) is 0 Å². The number of benzene rings is 1. The van der Waals surface area contributed by atoms with Crippen LogP contribution in [0.5, 0.6) is 0 Å². The highest BCUT2D eigenvalue weighted by molar-refractivity contribution is 7.18. The van der Waals surface area contributed by atoms with Crippen LogP contribution in [-0.2, 0) is 19.4 Å². The number of quaternary nitrogens is 1. The quantitative estimate of drug-likeness (QED) is 0.735. The molecule has 0 aliphatic heterocycles. The number of nitrogens with two attached hydrogens (primary N) is 1. The Labute approximate surface area is 153 Å². The third kappa shape index (κ3) is 3.17. The summed E-state index contributed by atoms with van der Waals surface area (Å²) >= 11 is 1.62. The SMILES string of the molecule is C[C@H]([NH2+]Cc1nc2sc3c(c2c(=O)[nH]1)CCCC3)c1ccc(F)cc1F. The molecule has 1 atom stereocenters. The first-order chi connectivity index (χ1) is 12.5. The number of aryl methyl sites for hydroxylation is 2. The number of nitrogens with zero attached hydrogens (tertiary/aromatic N) is 1. The van der Waals surface area contributed by atoms with Crippen molar-refractivity contribution in [2.75, 3.05) is 0 Å². The molecule has 3 aromatic rings. The lowest BCUT2D eigenvalue weighted by Gasteiger charge is -2.12. The van der Waals surface area contributed by atoms with Gasteiger partial charge < -0.3 is 10.3 Å². The van der Waals surface area contributed by atoms with Gasteiger partial charge in [-0.25, -0.2) is 13.8 Å². The molecule has 2 heterocycles. The van der Waals surface area contributed by atoms with E-state index in [1.165, 1.54) is 29.0 Å². The van der Waals surface area contributed by atoms with E-state index >= 15 is 0 Å². The lowest BCUT2D eigenvalue weighted by atomic mass is 9.97. The number of aromatic amines is 1. The Balaban J connectivity index is 1.57. The van der Waals surface area contributed by atoms with E-state index in [1.807, 2.05) is 12.2 Å². The summed E-state index contributed by atoms with van der Waals surface area (Å²) in [6.45, 7) is 2.27. The Bertz CT molecular complexity index is 1030. The van der Waals surface area contributed by atoms with Crippen LogP contribution in [0.15, 0.2) is 23.0 Å². The van der Waals surface area contributed by atoms with Crippen LogP contribution in [0.1, 0.15) is 47.6 Å². The van der Waals surface area contributed by atoms with Gasteiger partial charge in [0.05, 0.1) is 5.39 Å². The smallest absolute Gasteiger partial charge is 0.260 e. The number of hydrogen-bond donors (Lipinski definition) is 2. The fourth-order valence-electron chi connectivity index (χ4n) is 3.59. The average molecular weight is 376 g/mol. The van der Waals surface area contributed by atoms with Gasteiger partial charge in [0.15, 0.2) is 5.82 Å². The van der Waals surface area contributed by atoms with Crippen molar-refractivity contribution in [1.29, 1.82) is 0 Å². The first-order valence-electron chi connectivity index (χ1n) is 8.84. The van der Waals surface area contributed by atoms with Crippen LogP contribution < -0.4 is 10.9 Å². The van der Waals surface area contributed by atoms with Crippen molar-refractivity contribution in [3.63, 3.8) is 0 Å². The number of nitrogens with one attached hydrogen (secondary N) is 1. The van der Waals surface area contributed by atoms with E-state index in [4.69, 9.17) is 0 Å². The molecule has 7 heteroatoms. The van der Waals surface area contributed by atoms with E-state index in [-0.39, 0.29) is 11.6 Å². The molecule has 136 valence electrons. The van der Waals surface area contributed by atoms with Crippen LogP contribution in [0.4, 0.5) is 8.78 Å². The fraction of sp³-hybridized carbons (Fsp3) is 0.368. The fourth-order valence-corrected chi connectivity index (χ4v) is 4.87. The molecular formula is C19H20F2N3OS+. The third-order valence-corrected chi connectivity index (χ3v) is 6.18. The van der Waals surface area contributed by atoms with Gasteiger partial charge in [0.25, 0.3) is 5.56 Å². The predicted molar refractivity (Wildman–Crippen MR) is 97.3 cm³/mol. The standard InChI is InChI=1S/C19H19F2N3OS/c1-10(12-7-6-11(20)8-14(12)21)22-9-16-23-18(25)17-13-4-2-3-5-15(13)26-19(17)24-16/h6-8,10,22H,2-5,9H2,1H3,(H,23,24,25)/p+1/t10-/m0/s1. The highest BCUT2D eigenvalue weighted by Gasteiger charge is 2.20. The Kier molecular flexibility index (Phi) is 4.58. The molecule has 0 amide bonds. The van der Waals surface area contributed by atoms with Crippen molar-refractivity contribution in [1.82, 2.24) is 9.97 Å². The van der Waals surface area contributed by atoms with Crippen LogP contribution in [0.2, 0.25) is 0 Å². The number of rotatable bonds is 4. The third-order valence-electron chi connectivity index (χ3n) is 4.99. The molecule has 0 radical (unpaired) electrons. The Hall–Kier alpha value is -2.12. The summed E-state index contributed by atoms with van der Waals surface area (Å²) < 4.78 is 27.0. The van der Waals surface area contributed by atoms with Crippen LogP contribution in [-0.4, -0.2) is 9.97 Å². The van der Waals surface area contributed by atoms with Crippen molar-refractivity contribution in [2.45, 2.75) is 45.2 Å². The normalized spacial score (nSPS) is 15.2. The van der Waals surface area contributed by atoms with E-state index < -0.39 is 11.6 Å². The maximum Gasteiger partial charge on any atom is 0.260 e. The van der Waals surface area contributed by atoms with Crippen molar-refractivity contribution in [3.05, 3.63) is 62.0 Å².